The summed E-state index contributed by atoms with van der Waals surface area (Å²) in [6.45, 7) is 2.09. The van der Waals surface area contributed by atoms with E-state index in [1.54, 1.807) is 6.20 Å². The van der Waals surface area contributed by atoms with Crippen molar-refractivity contribution in [2.24, 2.45) is 0 Å². The Balaban J connectivity index is 1.60. The number of carbonyl (C=O) groups is 1. The van der Waals surface area contributed by atoms with Crippen molar-refractivity contribution in [2.75, 3.05) is 5.32 Å². The van der Waals surface area contributed by atoms with E-state index in [2.05, 4.69) is 34.3 Å². The first kappa shape index (κ1) is 21.2. The molecule has 31 heavy (non-hydrogen) atoms. The average Bonchev–Trinajstić information content (AvgIpc) is 2.80. The van der Waals surface area contributed by atoms with Gasteiger partial charge in [0.1, 0.15) is 5.69 Å². The van der Waals surface area contributed by atoms with Gasteiger partial charge in [-0.25, -0.2) is 9.97 Å². The van der Waals surface area contributed by atoms with Crippen LogP contribution in [0.15, 0.2) is 106 Å². The van der Waals surface area contributed by atoms with Gasteiger partial charge in [-0.3, -0.25) is 4.79 Å². The average molecular weight is 444 g/mol. The lowest BCUT2D eigenvalue weighted by Crippen LogP contribution is -2.15. The van der Waals surface area contributed by atoms with E-state index >= 15 is 0 Å². The van der Waals surface area contributed by atoms with Crippen molar-refractivity contribution < 1.29 is 4.79 Å². The highest BCUT2D eigenvalue weighted by molar-refractivity contribution is 7.99. The second kappa shape index (κ2) is 10.3. The van der Waals surface area contributed by atoms with Crippen molar-refractivity contribution in [3.63, 3.8) is 0 Å². The Morgan fingerprint density at radius 1 is 0.903 bits per heavy atom. The fourth-order valence-corrected chi connectivity index (χ4v) is 4.68. The molecule has 4 nitrogen and oxygen atoms in total. The van der Waals surface area contributed by atoms with Crippen LogP contribution in [0.2, 0.25) is 0 Å². The number of amides is 1. The molecular weight excluding hydrogens is 422 g/mol. The molecule has 0 saturated carbocycles. The molecule has 154 valence electrons. The largest absolute Gasteiger partial charge is 0.321 e. The molecule has 0 atom stereocenters. The van der Waals surface area contributed by atoms with E-state index in [9.17, 15) is 4.79 Å². The van der Waals surface area contributed by atoms with E-state index in [0.29, 0.717) is 10.9 Å². The summed E-state index contributed by atoms with van der Waals surface area (Å²) in [6.07, 6.45) is 1.74. The summed E-state index contributed by atoms with van der Waals surface area (Å²) in [5.74, 6) is 0.502. The minimum atomic E-state index is -0.246. The lowest BCUT2D eigenvalue weighted by atomic mass is 10.1. The molecule has 0 aliphatic heterocycles. The smallest absolute Gasteiger partial charge is 0.275 e. The highest BCUT2D eigenvalue weighted by Gasteiger charge is 2.17. The maximum absolute atomic E-state index is 13.1. The molecule has 1 N–H and O–H groups in total. The number of nitrogens with zero attached hydrogens (tertiary/aromatic N) is 2. The van der Waals surface area contributed by atoms with E-state index in [-0.39, 0.29) is 5.91 Å². The molecule has 0 spiro atoms. The number of rotatable bonds is 7. The van der Waals surface area contributed by atoms with E-state index in [1.807, 2.05) is 72.8 Å². The Morgan fingerprint density at radius 2 is 1.58 bits per heavy atom. The lowest BCUT2D eigenvalue weighted by Gasteiger charge is -2.11. The van der Waals surface area contributed by atoms with Gasteiger partial charge in [-0.05, 0) is 42.3 Å². The third-order valence-electron chi connectivity index (χ3n) is 4.57. The first-order valence-electron chi connectivity index (χ1n) is 9.83. The van der Waals surface area contributed by atoms with E-state index in [0.717, 1.165) is 21.2 Å². The van der Waals surface area contributed by atoms with Crippen molar-refractivity contribution >= 4 is 35.1 Å². The monoisotopic (exact) mass is 443 g/mol. The van der Waals surface area contributed by atoms with Crippen molar-refractivity contribution in [1.82, 2.24) is 9.97 Å². The summed E-state index contributed by atoms with van der Waals surface area (Å²) in [5, 5.41) is 3.53. The lowest BCUT2D eigenvalue weighted by molar-refractivity contribution is 0.101. The van der Waals surface area contributed by atoms with Gasteiger partial charge in [0.15, 0.2) is 5.16 Å². The summed E-state index contributed by atoms with van der Waals surface area (Å²) in [4.78, 5) is 24.0. The molecule has 0 saturated heterocycles. The van der Waals surface area contributed by atoms with Crippen LogP contribution in [0.5, 0.6) is 0 Å². The molecule has 0 bridgehead atoms. The normalized spacial score (nSPS) is 10.6. The Labute approximate surface area is 190 Å². The number of hydrogen-bond donors (Lipinski definition) is 1. The molecule has 0 aliphatic carbocycles. The van der Waals surface area contributed by atoms with Gasteiger partial charge in [-0.15, -0.1) is 0 Å². The fourth-order valence-electron chi connectivity index (χ4n) is 2.90. The Morgan fingerprint density at radius 3 is 2.32 bits per heavy atom. The third kappa shape index (κ3) is 5.75. The summed E-state index contributed by atoms with van der Waals surface area (Å²) in [5.41, 5.74) is 3.57. The number of thioether (sulfide) groups is 1. The van der Waals surface area contributed by atoms with E-state index in [1.165, 1.54) is 34.7 Å². The molecule has 4 aromatic rings. The molecule has 3 aromatic carbocycles. The Bertz CT molecular complexity index is 1170. The van der Waals surface area contributed by atoms with Crippen molar-refractivity contribution in [1.29, 1.82) is 0 Å². The van der Waals surface area contributed by atoms with Crippen LogP contribution in [0, 0.1) is 6.92 Å². The number of carbonyl (C=O) groups excluding carboxylic acids is 1. The number of para-hydroxylation sites is 1. The van der Waals surface area contributed by atoms with Crippen LogP contribution in [0.25, 0.3) is 0 Å². The highest BCUT2D eigenvalue weighted by Crippen LogP contribution is 2.31. The number of aryl methyl sites for hydroxylation is 1. The van der Waals surface area contributed by atoms with Crippen LogP contribution in [0.4, 0.5) is 5.69 Å². The number of hydrogen-bond acceptors (Lipinski definition) is 5. The maximum atomic E-state index is 13.1. The van der Waals surface area contributed by atoms with Crippen LogP contribution in [-0.4, -0.2) is 15.9 Å². The van der Waals surface area contributed by atoms with Crippen LogP contribution in [0.3, 0.4) is 0 Å². The first-order chi connectivity index (χ1) is 15.2. The Hall–Kier alpha value is -3.09. The molecule has 0 fully saturated rings. The van der Waals surface area contributed by atoms with Crippen LogP contribution < -0.4 is 5.32 Å². The van der Waals surface area contributed by atoms with Crippen LogP contribution in [0.1, 0.15) is 21.6 Å². The molecule has 4 rings (SSSR count). The third-order valence-corrected chi connectivity index (χ3v) is 6.51. The van der Waals surface area contributed by atoms with E-state index < -0.39 is 0 Å². The molecular formula is C25H21N3OS2. The molecule has 6 heteroatoms. The van der Waals surface area contributed by atoms with E-state index in [4.69, 9.17) is 0 Å². The zero-order valence-electron chi connectivity index (χ0n) is 17.0. The van der Waals surface area contributed by atoms with Gasteiger partial charge in [0.25, 0.3) is 5.91 Å². The number of nitrogens with one attached hydrogen (secondary N) is 1. The second-order valence-corrected chi connectivity index (χ2v) is 8.87. The maximum Gasteiger partial charge on any atom is 0.275 e. The van der Waals surface area contributed by atoms with Crippen molar-refractivity contribution in [2.45, 2.75) is 27.6 Å². The number of aromatic nitrogens is 2. The number of benzene rings is 3. The zero-order chi connectivity index (χ0) is 21.5. The molecule has 0 unspecified atom stereocenters. The molecule has 0 radical (unpaired) electrons. The highest BCUT2D eigenvalue weighted by atomic mass is 32.2. The molecule has 1 heterocycles. The van der Waals surface area contributed by atoms with Crippen molar-refractivity contribution in [3.05, 3.63) is 108 Å². The quantitative estimate of drug-likeness (QED) is 0.262. The van der Waals surface area contributed by atoms with Gasteiger partial charge in [-0.1, -0.05) is 84.2 Å². The molecule has 1 amide bonds. The second-order valence-electron chi connectivity index (χ2n) is 6.82. The predicted molar refractivity (Wildman–Crippen MR) is 128 cm³/mol. The van der Waals surface area contributed by atoms with Gasteiger partial charge >= 0.3 is 0 Å². The first-order valence-corrected chi connectivity index (χ1v) is 11.6. The Kier molecular flexibility index (Phi) is 7.02. The van der Waals surface area contributed by atoms with Gasteiger partial charge in [0.2, 0.25) is 0 Å². The summed E-state index contributed by atoms with van der Waals surface area (Å²) in [6, 6.07) is 27.6. The standard InChI is InChI=1S/C25H21N3OS2/c1-18-10-8-9-11-19(18)17-30-25-26-16-22(31-21-14-6-3-7-15-21)23(28-25)24(29)27-20-12-4-2-5-13-20/h2-16H,17H2,1H3,(H,27,29). The minimum absolute atomic E-state index is 0.246. The molecule has 0 aliphatic rings. The summed E-state index contributed by atoms with van der Waals surface area (Å²) >= 11 is 3.01. The fraction of sp³-hybridized carbons (Fsp3) is 0.0800. The SMILES string of the molecule is Cc1ccccc1CSc1ncc(Sc2ccccc2)c(C(=O)Nc2ccccc2)n1. The zero-order valence-corrected chi connectivity index (χ0v) is 18.6. The summed E-state index contributed by atoms with van der Waals surface area (Å²) < 4.78 is 0. The number of anilines is 1. The van der Waals surface area contributed by atoms with Gasteiger partial charge in [0, 0.05) is 22.5 Å². The summed E-state index contributed by atoms with van der Waals surface area (Å²) in [7, 11) is 0. The topological polar surface area (TPSA) is 54.9 Å². The van der Waals surface area contributed by atoms with Crippen LogP contribution in [-0.2, 0) is 5.75 Å². The molecule has 1 aromatic heterocycles. The van der Waals surface area contributed by atoms with Crippen LogP contribution >= 0.6 is 23.5 Å². The van der Waals surface area contributed by atoms with Crippen molar-refractivity contribution in [3.8, 4) is 0 Å². The van der Waals surface area contributed by atoms with Gasteiger partial charge in [-0.2, -0.15) is 0 Å². The predicted octanol–water partition coefficient (Wildman–Crippen LogP) is 6.48. The van der Waals surface area contributed by atoms with Gasteiger partial charge < -0.3 is 5.32 Å². The van der Waals surface area contributed by atoms with Gasteiger partial charge in [0.05, 0.1) is 4.90 Å². The minimum Gasteiger partial charge on any atom is -0.321 e.